The lowest BCUT2D eigenvalue weighted by Crippen LogP contribution is -2.23. The molecule has 0 amide bonds. The van der Waals surface area contributed by atoms with E-state index in [0.29, 0.717) is 5.57 Å². The van der Waals surface area contributed by atoms with E-state index < -0.39 is 11.4 Å². The maximum Gasteiger partial charge on any atom is 0.333 e. The quantitative estimate of drug-likeness (QED) is 0.363. The molecule has 0 aliphatic rings. The summed E-state index contributed by atoms with van der Waals surface area (Å²) in [5.74, 6) is -0.454. The van der Waals surface area contributed by atoms with Gasteiger partial charge in [0.1, 0.15) is 12.9 Å². The highest BCUT2D eigenvalue weighted by atomic mass is 16.5. The van der Waals surface area contributed by atoms with Gasteiger partial charge < -0.3 is 9.53 Å². The molecule has 0 aromatic rings. The largest absolute Gasteiger partial charge is 0.461 e. The fourth-order valence-corrected chi connectivity index (χ4v) is 0.409. The number of ether oxygens (including phenoxy) is 1. The number of carbonyl (C=O) groups is 2. The zero-order chi connectivity index (χ0) is 9.78. The Bertz CT molecular complexity index is 204. The molecule has 3 heteroatoms. The molecule has 0 unspecified atom stereocenters. The Balaban J connectivity index is 3.91. The second-order valence-corrected chi connectivity index (χ2v) is 3.46. The topological polar surface area (TPSA) is 43.4 Å². The number of carbonyl (C=O) groups excluding carboxylic acids is 2. The van der Waals surface area contributed by atoms with Gasteiger partial charge in [-0.1, -0.05) is 6.58 Å². The van der Waals surface area contributed by atoms with Gasteiger partial charge in [-0.05, 0) is 20.8 Å². The minimum absolute atomic E-state index is 0.0994. The Morgan fingerprint density at radius 2 is 2.08 bits per heavy atom. The van der Waals surface area contributed by atoms with Gasteiger partial charge in [-0.2, -0.15) is 0 Å². The molecule has 0 heterocycles. The molecule has 0 bridgehead atoms. The molecular weight excluding hydrogens is 156 g/mol. The van der Waals surface area contributed by atoms with Crippen molar-refractivity contribution in [3.63, 3.8) is 0 Å². The second kappa shape index (κ2) is 4.04. The van der Waals surface area contributed by atoms with Crippen LogP contribution in [0.4, 0.5) is 0 Å². The molecule has 0 N–H and O–H groups in total. The molecular formula is C9H14O3. The van der Waals surface area contributed by atoms with Gasteiger partial charge in [-0.15, -0.1) is 0 Å². The smallest absolute Gasteiger partial charge is 0.333 e. The summed E-state index contributed by atoms with van der Waals surface area (Å²) < 4.78 is 4.79. The van der Waals surface area contributed by atoms with E-state index in [9.17, 15) is 9.59 Å². The fourth-order valence-electron chi connectivity index (χ4n) is 0.409. The van der Waals surface area contributed by atoms with Crippen molar-refractivity contribution in [2.75, 3.05) is 6.61 Å². The Morgan fingerprint density at radius 1 is 1.58 bits per heavy atom. The van der Waals surface area contributed by atoms with Crippen LogP contribution in [0.25, 0.3) is 0 Å². The van der Waals surface area contributed by atoms with Crippen LogP contribution in [0.15, 0.2) is 12.2 Å². The van der Waals surface area contributed by atoms with Crippen molar-refractivity contribution in [1.29, 1.82) is 0 Å². The van der Waals surface area contributed by atoms with Gasteiger partial charge in [0.15, 0.2) is 0 Å². The highest BCUT2D eigenvalue weighted by Crippen LogP contribution is 2.11. The molecule has 0 aliphatic carbocycles. The number of hydrogen-bond acceptors (Lipinski definition) is 3. The van der Waals surface area contributed by atoms with Crippen molar-refractivity contribution >= 4 is 12.3 Å². The predicted molar refractivity (Wildman–Crippen MR) is 45.6 cm³/mol. The maximum atomic E-state index is 10.9. The van der Waals surface area contributed by atoms with Crippen molar-refractivity contribution in [2.45, 2.75) is 20.8 Å². The Morgan fingerprint density at radius 3 is 2.42 bits per heavy atom. The zero-order valence-electron chi connectivity index (χ0n) is 7.72. The van der Waals surface area contributed by atoms with Crippen LogP contribution < -0.4 is 0 Å². The minimum atomic E-state index is -0.606. The van der Waals surface area contributed by atoms with Gasteiger partial charge >= 0.3 is 5.97 Å². The van der Waals surface area contributed by atoms with Crippen LogP contribution in [-0.4, -0.2) is 18.9 Å². The van der Waals surface area contributed by atoms with E-state index in [0.717, 1.165) is 6.29 Å². The lowest BCUT2D eigenvalue weighted by molar-refractivity contribution is -0.142. The molecule has 0 atom stereocenters. The molecule has 0 radical (unpaired) electrons. The first-order valence-corrected chi connectivity index (χ1v) is 3.68. The van der Waals surface area contributed by atoms with Gasteiger partial charge in [-0.3, -0.25) is 0 Å². The van der Waals surface area contributed by atoms with Gasteiger partial charge in [0, 0.05) is 5.57 Å². The summed E-state index contributed by atoms with van der Waals surface area (Å²) >= 11 is 0. The maximum absolute atomic E-state index is 10.9. The van der Waals surface area contributed by atoms with Crippen molar-refractivity contribution in [2.24, 2.45) is 5.41 Å². The minimum Gasteiger partial charge on any atom is -0.461 e. The third-order valence-electron chi connectivity index (χ3n) is 1.24. The number of rotatable bonds is 4. The summed E-state index contributed by atoms with van der Waals surface area (Å²) in [4.78, 5) is 21.3. The average molecular weight is 170 g/mol. The average Bonchev–Trinajstić information content (AvgIpc) is 2.00. The molecule has 0 saturated carbocycles. The Kier molecular flexibility index (Phi) is 3.67. The van der Waals surface area contributed by atoms with E-state index in [2.05, 4.69) is 6.58 Å². The number of esters is 1. The van der Waals surface area contributed by atoms with Gasteiger partial charge in [0.2, 0.25) is 0 Å². The molecule has 0 aliphatic heterocycles. The lowest BCUT2D eigenvalue weighted by atomic mass is 9.98. The summed E-state index contributed by atoms with van der Waals surface area (Å²) in [5, 5.41) is 0. The first-order chi connectivity index (χ1) is 5.39. The predicted octanol–water partition coefficient (Wildman–Crippen LogP) is 1.33. The lowest BCUT2D eigenvalue weighted by Gasteiger charge is -2.16. The van der Waals surface area contributed by atoms with E-state index in [1.807, 2.05) is 0 Å². The third kappa shape index (κ3) is 3.91. The zero-order valence-corrected chi connectivity index (χ0v) is 7.72. The second-order valence-electron chi connectivity index (χ2n) is 3.46. The van der Waals surface area contributed by atoms with Crippen LogP contribution in [0.5, 0.6) is 0 Å². The van der Waals surface area contributed by atoms with Crippen LogP contribution in [-0.2, 0) is 14.3 Å². The molecule has 0 rings (SSSR count). The van der Waals surface area contributed by atoms with E-state index in [-0.39, 0.29) is 6.61 Å². The van der Waals surface area contributed by atoms with E-state index >= 15 is 0 Å². The van der Waals surface area contributed by atoms with Gasteiger partial charge in [0.25, 0.3) is 0 Å². The van der Waals surface area contributed by atoms with Crippen LogP contribution in [0.1, 0.15) is 20.8 Å². The van der Waals surface area contributed by atoms with Crippen LogP contribution in [0, 0.1) is 5.41 Å². The van der Waals surface area contributed by atoms with Gasteiger partial charge in [-0.25, -0.2) is 4.79 Å². The Labute approximate surface area is 72.4 Å². The van der Waals surface area contributed by atoms with Crippen LogP contribution in [0.2, 0.25) is 0 Å². The first-order valence-electron chi connectivity index (χ1n) is 3.68. The summed E-state index contributed by atoms with van der Waals surface area (Å²) in [6.07, 6.45) is 0.763. The standard InChI is InChI=1S/C9H14O3/c1-7(2)8(11)12-6-9(3,4)5-10/h5H,1,6H2,2-4H3. The number of aldehydes is 1. The SMILES string of the molecule is C=C(C)C(=O)OCC(C)(C)C=O. The highest BCUT2D eigenvalue weighted by Gasteiger charge is 2.19. The number of hydrogen-bond donors (Lipinski definition) is 0. The molecule has 0 spiro atoms. The summed E-state index contributed by atoms with van der Waals surface area (Å²) in [6.45, 7) is 8.48. The van der Waals surface area contributed by atoms with E-state index in [4.69, 9.17) is 4.74 Å². The van der Waals surface area contributed by atoms with Crippen LogP contribution in [0.3, 0.4) is 0 Å². The monoisotopic (exact) mass is 170 g/mol. The molecule has 0 aromatic heterocycles. The first kappa shape index (κ1) is 10.9. The third-order valence-corrected chi connectivity index (χ3v) is 1.24. The molecule has 0 saturated heterocycles. The van der Waals surface area contributed by atoms with Crippen LogP contribution >= 0.6 is 0 Å². The summed E-state index contributed by atoms with van der Waals surface area (Å²) in [7, 11) is 0. The summed E-state index contributed by atoms with van der Waals surface area (Å²) in [5.41, 5.74) is -0.262. The molecule has 0 fully saturated rings. The van der Waals surface area contributed by atoms with Crippen molar-refractivity contribution in [3.8, 4) is 0 Å². The normalized spacial score (nSPS) is 10.6. The molecule has 68 valence electrons. The fraction of sp³-hybridized carbons (Fsp3) is 0.556. The molecule has 3 nitrogen and oxygen atoms in total. The Hall–Kier alpha value is -1.12. The molecule has 0 aromatic carbocycles. The van der Waals surface area contributed by atoms with E-state index in [1.54, 1.807) is 20.8 Å². The van der Waals surface area contributed by atoms with E-state index in [1.165, 1.54) is 0 Å². The van der Waals surface area contributed by atoms with Crippen molar-refractivity contribution in [3.05, 3.63) is 12.2 Å². The molecule has 12 heavy (non-hydrogen) atoms. The summed E-state index contributed by atoms with van der Waals surface area (Å²) in [6, 6.07) is 0. The van der Waals surface area contributed by atoms with Crippen molar-refractivity contribution in [1.82, 2.24) is 0 Å². The van der Waals surface area contributed by atoms with Gasteiger partial charge in [0.05, 0.1) is 5.41 Å². The van der Waals surface area contributed by atoms with Crippen molar-refractivity contribution < 1.29 is 14.3 Å². The highest BCUT2D eigenvalue weighted by molar-refractivity contribution is 5.87.